The Morgan fingerprint density at radius 2 is 1.94 bits per heavy atom. The van der Waals surface area contributed by atoms with Crippen molar-refractivity contribution in [2.24, 2.45) is 0 Å². The fraction of sp³-hybridized carbons (Fsp3) is 0.273. The zero-order chi connectivity index (χ0) is 12.4. The van der Waals surface area contributed by atoms with Crippen molar-refractivity contribution >= 4 is 11.9 Å². The normalized spacial score (nSPS) is 10.5. The lowest BCUT2D eigenvalue weighted by Crippen LogP contribution is -2.11. The number of nitrogen functional groups attached to an aromatic ring is 1. The van der Waals surface area contributed by atoms with Gasteiger partial charge in [0.15, 0.2) is 0 Å². The van der Waals surface area contributed by atoms with E-state index in [9.17, 15) is 4.39 Å². The summed E-state index contributed by atoms with van der Waals surface area (Å²) in [6.45, 7) is 0.479. The van der Waals surface area contributed by atoms with Gasteiger partial charge in [-0.15, -0.1) is 5.10 Å². The van der Waals surface area contributed by atoms with Crippen molar-refractivity contribution in [3.63, 3.8) is 0 Å². The summed E-state index contributed by atoms with van der Waals surface area (Å²) in [6.07, 6.45) is 0. The minimum Gasteiger partial charge on any atom is -0.368 e. The molecule has 0 aliphatic carbocycles. The van der Waals surface area contributed by atoms with Gasteiger partial charge in [-0.3, -0.25) is 0 Å². The van der Waals surface area contributed by atoms with Crippen LogP contribution in [0.15, 0.2) is 24.3 Å². The molecule has 1 aromatic heterocycles. The number of hydrogen-bond acceptors (Lipinski definition) is 4. The first kappa shape index (κ1) is 11.4. The zero-order valence-corrected chi connectivity index (χ0v) is 9.76. The van der Waals surface area contributed by atoms with E-state index in [1.807, 2.05) is 14.1 Å². The van der Waals surface area contributed by atoms with Gasteiger partial charge in [-0.05, 0) is 17.7 Å². The number of nitrogens with two attached hydrogens (primary N) is 1. The molecule has 6 heteroatoms. The van der Waals surface area contributed by atoms with Gasteiger partial charge < -0.3 is 10.6 Å². The highest BCUT2D eigenvalue weighted by atomic mass is 19.1. The van der Waals surface area contributed by atoms with Crippen LogP contribution in [0.2, 0.25) is 0 Å². The summed E-state index contributed by atoms with van der Waals surface area (Å²) in [7, 11) is 3.69. The second-order valence-electron chi connectivity index (χ2n) is 3.95. The molecule has 5 nitrogen and oxygen atoms in total. The number of rotatable bonds is 3. The Morgan fingerprint density at radius 1 is 1.29 bits per heavy atom. The van der Waals surface area contributed by atoms with Crippen LogP contribution >= 0.6 is 0 Å². The highest BCUT2D eigenvalue weighted by molar-refractivity contribution is 5.33. The van der Waals surface area contributed by atoms with Crippen molar-refractivity contribution < 1.29 is 4.39 Å². The van der Waals surface area contributed by atoms with Crippen molar-refractivity contribution in [1.29, 1.82) is 0 Å². The summed E-state index contributed by atoms with van der Waals surface area (Å²) < 4.78 is 14.3. The van der Waals surface area contributed by atoms with Crippen LogP contribution in [0.5, 0.6) is 0 Å². The third kappa shape index (κ3) is 2.52. The molecule has 0 saturated carbocycles. The molecule has 0 fully saturated rings. The van der Waals surface area contributed by atoms with Crippen LogP contribution in [0.25, 0.3) is 0 Å². The Morgan fingerprint density at radius 3 is 2.47 bits per heavy atom. The Labute approximate surface area is 98.7 Å². The molecule has 2 N–H and O–H groups in total. The Kier molecular flexibility index (Phi) is 2.95. The molecule has 0 aliphatic rings. The highest BCUT2D eigenvalue weighted by Gasteiger charge is 2.08. The Bertz CT molecular complexity index is 503. The van der Waals surface area contributed by atoms with Crippen LogP contribution in [0.1, 0.15) is 5.56 Å². The SMILES string of the molecule is CN(C)c1nc(N)n(Cc2ccc(F)cc2)n1. The third-order valence-corrected chi connectivity index (χ3v) is 2.33. The first-order valence-corrected chi connectivity index (χ1v) is 5.18. The topological polar surface area (TPSA) is 60.0 Å². The van der Waals surface area contributed by atoms with Gasteiger partial charge in [0, 0.05) is 14.1 Å². The van der Waals surface area contributed by atoms with E-state index >= 15 is 0 Å². The predicted molar refractivity (Wildman–Crippen MR) is 64.3 cm³/mol. The monoisotopic (exact) mass is 235 g/mol. The highest BCUT2D eigenvalue weighted by Crippen LogP contribution is 2.11. The Hall–Kier alpha value is -2.11. The van der Waals surface area contributed by atoms with Gasteiger partial charge in [0.05, 0.1) is 6.54 Å². The van der Waals surface area contributed by atoms with E-state index in [-0.39, 0.29) is 5.82 Å². The van der Waals surface area contributed by atoms with Gasteiger partial charge in [0.1, 0.15) is 5.82 Å². The molecule has 0 aliphatic heterocycles. The first-order chi connectivity index (χ1) is 8.06. The van der Waals surface area contributed by atoms with Gasteiger partial charge in [-0.25, -0.2) is 9.07 Å². The van der Waals surface area contributed by atoms with Crippen molar-refractivity contribution in [2.45, 2.75) is 6.54 Å². The molecule has 0 saturated heterocycles. The maximum atomic E-state index is 12.7. The summed E-state index contributed by atoms with van der Waals surface area (Å²) in [4.78, 5) is 5.88. The van der Waals surface area contributed by atoms with Crippen LogP contribution < -0.4 is 10.6 Å². The van der Waals surface area contributed by atoms with Crippen molar-refractivity contribution in [3.05, 3.63) is 35.6 Å². The van der Waals surface area contributed by atoms with Gasteiger partial charge in [-0.2, -0.15) is 4.98 Å². The Balaban J connectivity index is 2.21. The van der Waals surface area contributed by atoms with E-state index in [1.165, 1.54) is 12.1 Å². The average Bonchev–Trinajstić information content (AvgIpc) is 2.64. The number of hydrogen-bond donors (Lipinski definition) is 1. The molecule has 0 bridgehead atoms. The van der Waals surface area contributed by atoms with Crippen LogP contribution in [-0.4, -0.2) is 28.9 Å². The first-order valence-electron chi connectivity index (χ1n) is 5.18. The quantitative estimate of drug-likeness (QED) is 0.865. The number of anilines is 2. The van der Waals surface area contributed by atoms with Gasteiger partial charge in [0.2, 0.25) is 11.9 Å². The second kappa shape index (κ2) is 4.40. The molecule has 1 heterocycles. The fourth-order valence-electron chi connectivity index (χ4n) is 1.41. The summed E-state index contributed by atoms with van der Waals surface area (Å²) >= 11 is 0. The number of benzene rings is 1. The molecule has 0 spiro atoms. The largest absolute Gasteiger partial charge is 0.368 e. The molecular formula is C11H14FN5. The molecule has 0 radical (unpaired) electrons. The predicted octanol–water partition coefficient (Wildman–Crippen LogP) is 1.11. The molecule has 1 aromatic carbocycles. The standard InChI is InChI=1S/C11H14FN5/c1-16(2)11-14-10(13)17(15-11)7-8-3-5-9(12)6-4-8/h3-6H,7H2,1-2H3,(H2,13,14,15). The zero-order valence-electron chi connectivity index (χ0n) is 9.76. The van der Waals surface area contributed by atoms with E-state index in [1.54, 1.807) is 21.7 Å². The maximum absolute atomic E-state index is 12.7. The lowest BCUT2D eigenvalue weighted by molar-refractivity contribution is 0.625. The molecule has 0 atom stereocenters. The summed E-state index contributed by atoms with van der Waals surface area (Å²) in [5, 5.41) is 4.24. The van der Waals surface area contributed by atoms with Crippen LogP contribution in [0.4, 0.5) is 16.3 Å². The smallest absolute Gasteiger partial charge is 0.246 e. The number of halogens is 1. The minimum absolute atomic E-state index is 0.255. The van der Waals surface area contributed by atoms with Crippen LogP contribution in [0.3, 0.4) is 0 Å². The molecule has 17 heavy (non-hydrogen) atoms. The van der Waals surface area contributed by atoms with E-state index in [0.717, 1.165) is 5.56 Å². The average molecular weight is 235 g/mol. The van der Waals surface area contributed by atoms with Crippen molar-refractivity contribution in [2.75, 3.05) is 24.7 Å². The van der Waals surface area contributed by atoms with Crippen LogP contribution in [0, 0.1) is 5.82 Å². The molecule has 0 amide bonds. The van der Waals surface area contributed by atoms with Gasteiger partial charge >= 0.3 is 0 Å². The van der Waals surface area contributed by atoms with E-state index in [0.29, 0.717) is 18.4 Å². The van der Waals surface area contributed by atoms with Crippen LogP contribution in [-0.2, 0) is 6.54 Å². The summed E-state index contributed by atoms with van der Waals surface area (Å²) in [6, 6.07) is 6.22. The lowest BCUT2D eigenvalue weighted by atomic mass is 10.2. The maximum Gasteiger partial charge on any atom is 0.246 e. The number of aromatic nitrogens is 3. The number of nitrogens with zero attached hydrogens (tertiary/aromatic N) is 4. The van der Waals surface area contributed by atoms with Crippen molar-refractivity contribution in [3.8, 4) is 0 Å². The molecule has 2 aromatic rings. The summed E-state index contributed by atoms with van der Waals surface area (Å²) in [5.74, 6) is 0.650. The van der Waals surface area contributed by atoms with E-state index < -0.39 is 0 Å². The van der Waals surface area contributed by atoms with E-state index in [4.69, 9.17) is 5.73 Å². The molecule has 0 unspecified atom stereocenters. The molecular weight excluding hydrogens is 221 g/mol. The molecule has 90 valence electrons. The third-order valence-electron chi connectivity index (χ3n) is 2.33. The minimum atomic E-state index is -0.255. The van der Waals surface area contributed by atoms with Gasteiger partial charge in [-0.1, -0.05) is 12.1 Å². The van der Waals surface area contributed by atoms with E-state index in [2.05, 4.69) is 10.1 Å². The fourth-order valence-corrected chi connectivity index (χ4v) is 1.41. The molecule has 2 rings (SSSR count). The second-order valence-corrected chi connectivity index (χ2v) is 3.95. The summed E-state index contributed by atoms with van der Waals surface area (Å²) in [5.41, 5.74) is 6.67. The lowest BCUT2D eigenvalue weighted by Gasteiger charge is -2.05. The van der Waals surface area contributed by atoms with Gasteiger partial charge in [0.25, 0.3) is 0 Å². The van der Waals surface area contributed by atoms with Crippen molar-refractivity contribution in [1.82, 2.24) is 14.8 Å².